The van der Waals surface area contributed by atoms with Gasteiger partial charge in [-0.15, -0.1) is 0 Å². The van der Waals surface area contributed by atoms with Crippen molar-refractivity contribution < 1.29 is 39.9 Å². The summed E-state index contributed by atoms with van der Waals surface area (Å²) in [4.78, 5) is 0. The Bertz CT molecular complexity index is 920. The topological polar surface area (TPSA) is 9.23 Å². The predicted molar refractivity (Wildman–Crippen MR) is 138 cm³/mol. The van der Waals surface area contributed by atoms with Gasteiger partial charge < -0.3 is 4.74 Å². The molecule has 0 unspecified atom stereocenters. The van der Waals surface area contributed by atoms with Crippen molar-refractivity contribution >= 4 is 0 Å². The fraction of sp³-hybridized carbons (Fsp3) is 0.806. The monoisotopic (exact) mass is 582 g/mol. The molecule has 3 saturated carbocycles. The highest BCUT2D eigenvalue weighted by atomic mass is 19.3. The average molecular weight is 583 g/mol. The molecule has 3 aliphatic carbocycles. The molecule has 0 N–H and O–H groups in total. The van der Waals surface area contributed by atoms with Crippen LogP contribution in [0.5, 0.6) is 5.75 Å². The molecule has 0 amide bonds. The predicted octanol–water partition coefficient (Wildman–Crippen LogP) is 10.9. The van der Waals surface area contributed by atoms with Crippen LogP contribution in [0.2, 0.25) is 0 Å². The molecule has 0 spiro atoms. The summed E-state index contributed by atoms with van der Waals surface area (Å²) in [6.07, 6.45) is 2.64. The SMILES string of the molecule is CCCC1CCC(C(F)(F)CC2CCC(C3CCC(c4cc(F)c(OC(F)(F)C(F)F)c(F)c4)CC3)CC2)CC1. The minimum atomic E-state index is -5.00. The van der Waals surface area contributed by atoms with E-state index >= 15 is 8.78 Å². The zero-order valence-corrected chi connectivity index (χ0v) is 23.2. The van der Waals surface area contributed by atoms with E-state index in [0.29, 0.717) is 49.0 Å². The summed E-state index contributed by atoms with van der Waals surface area (Å²) in [5.74, 6) is -6.06. The second kappa shape index (κ2) is 13.2. The van der Waals surface area contributed by atoms with Crippen molar-refractivity contribution in [3.8, 4) is 5.75 Å². The lowest BCUT2D eigenvalue weighted by Gasteiger charge is -2.40. The van der Waals surface area contributed by atoms with Crippen molar-refractivity contribution in [3.05, 3.63) is 29.3 Å². The molecule has 0 aliphatic heterocycles. The smallest absolute Gasteiger partial charge is 0.422 e. The van der Waals surface area contributed by atoms with Gasteiger partial charge in [0.2, 0.25) is 0 Å². The second-order valence-corrected chi connectivity index (χ2v) is 12.6. The van der Waals surface area contributed by atoms with E-state index in [2.05, 4.69) is 11.7 Å². The zero-order chi connectivity index (χ0) is 29.1. The molecule has 0 radical (unpaired) electrons. The second-order valence-electron chi connectivity index (χ2n) is 12.6. The van der Waals surface area contributed by atoms with Gasteiger partial charge >= 0.3 is 12.5 Å². The average Bonchev–Trinajstić information content (AvgIpc) is 2.91. The van der Waals surface area contributed by atoms with Gasteiger partial charge in [-0.05, 0) is 124 Å². The van der Waals surface area contributed by atoms with Crippen molar-refractivity contribution in [2.75, 3.05) is 0 Å². The van der Waals surface area contributed by atoms with Gasteiger partial charge in [0, 0.05) is 12.3 Å². The summed E-state index contributed by atoms with van der Waals surface area (Å²) in [5.41, 5.74) is 0.302. The first kappa shape index (κ1) is 31.4. The van der Waals surface area contributed by atoms with Crippen LogP contribution in [0.4, 0.5) is 35.1 Å². The van der Waals surface area contributed by atoms with Crippen molar-refractivity contribution in [2.45, 2.75) is 128 Å². The van der Waals surface area contributed by atoms with Crippen molar-refractivity contribution in [1.29, 1.82) is 0 Å². The Kier molecular flexibility index (Phi) is 10.3. The summed E-state index contributed by atoms with van der Waals surface area (Å²) < 4.78 is 114. The van der Waals surface area contributed by atoms with Crippen molar-refractivity contribution in [1.82, 2.24) is 0 Å². The van der Waals surface area contributed by atoms with E-state index in [1.807, 2.05) is 0 Å². The molecule has 1 aromatic carbocycles. The summed E-state index contributed by atoms with van der Waals surface area (Å²) in [5, 5.41) is 0. The quantitative estimate of drug-likeness (QED) is 0.249. The highest BCUT2D eigenvalue weighted by Gasteiger charge is 2.46. The molecule has 0 heterocycles. The maximum atomic E-state index is 15.1. The summed E-state index contributed by atoms with van der Waals surface area (Å²) in [7, 11) is 0. The highest BCUT2D eigenvalue weighted by Crippen LogP contribution is 2.48. The molecule has 0 atom stereocenters. The molecule has 40 heavy (non-hydrogen) atoms. The van der Waals surface area contributed by atoms with Gasteiger partial charge in [-0.25, -0.2) is 17.6 Å². The number of ether oxygens (including phenoxy) is 1. The van der Waals surface area contributed by atoms with Crippen LogP contribution >= 0.6 is 0 Å². The molecule has 0 saturated heterocycles. The van der Waals surface area contributed by atoms with E-state index in [0.717, 1.165) is 76.3 Å². The van der Waals surface area contributed by atoms with Gasteiger partial charge in [0.05, 0.1) is 0 Å². The molecular formula is C31H42F8O. The minimum absolute atomic E-state index is 0.00431. The van der Waals surface area contributed by atoms with Crippen LogP contribution in [0.3, 0.4) is 0 Å². The van der Waals surface area contributed by atoms with Crippen LogP contribution in [0, 0.1) is 41.2 Å². The van der Waals surface area contributed by atoms with Gasteiger partial charge in [-0.2, -0.15) is 17.6 Å². The Balaban J connectivity index is 1.23. The molecule has 3 fully saturated rings. The van der Waals surface area contributed by atoms with E-state index in [9.17, 15) is 26.3 Å². The van der Waals surface area contributed by atoms with Crippen LogP contribution in [0.25, 0.3) is 0 Å². The van der Waals surface area contributed by atoms with E-state index < -0.39 is 41.8 Å². The fourth-order valence-electron chi connectivity index (χ4n) is 7.71. The number of halogens is 8. The van der Waals surface area contributed by atoms with E-state index in [-0.39, 0.29) is 18.3 Å². The van der Waals surface area contributed by atoms with Crippen LogP contribution in [-0.2, 0) is 0 Å². The molecule has 228 valence electrons. The molecular weight excluding hydrogens is 540 g/mol. The van der Waals surface area contributed by atoms with Crippen LogP contribution in [-0.4, -0.2) is 18.5 Å². The molecule has 0 bridgehead atoms. The van der Waals surface area contributed by atoms with Gasteiger partial charge in [0.1, 0.15) is 0 Å². The first-order chi connectivity index (χ1) is 18.9. The minimum Gasteiger partial charge on any atom is -0.422 e. The fourth-order valence-corrected chi connectivity index (χ4v) is 7.71. The van der Waals surface area contributed by atoms with Crippen molar-refractivity contribution in [3.63, 3.8) is 0 Å². The third-order valence-corrected chi connectivity index (χ3v) is 10.0. The van der Waals surface area contributed by atoms with Gasteiger partial charge in [-0.1, -0.05) is 19.8 Å². The molecule has 1 aromatic rings. The number of hydrogen-bond donors (Lipinski definition) is 0. The number of hydrogen-bond acceptors (Lipinski definition) is 1. The highest BCUT2D eigenvalue weighted by molar-refractivity contribution is 5.33. The maximum absolute atomic E-state index is 15.1. The van der Waals surface area contributed by atoms with Gasteiger partial charge in [0.25, 0.3) is 5.92 Å². The number of alkyl halides is 6. The van der Waals surface area contributed by atoms with Crippen molar-refractivity contribution in [2.24, 2.45) is 29.6 Å². The Labute approximate surface area is 232 Å². The summed E-state index contributed by atoms with van der Waals surface area (Å²) in [6, 6.07) is 1.79. The zero-order valence-electron chi connectivity index (χ0n) is 23.2. The summed E-state index contributed by atoms with van der Waals surface area (Å²) >= 11 is 0. The van der Waals surface area contributed by atoms with E-state index in [1.165, 1.54) is 0 Å². The molecule has 4 rings (SSSR count). The van der Waals surface area contributed by atoms with Gasteiger partial charge in [-0.3, -0.25) is 0 Å². The Morgan fingerprint density at radius 3 is 1.75 bits per heavy atom. The van der Waals surface area contributed by atoms with Gasteiger partial charge in [0.15, 0.2) is 17.4 Å². The number of rotatable bonds is 10. The van der Waals surface area contributed by atoms with Crippen LogP contribution in [0.1, 0.15) is 115 Å². The number of benzene rings is 1. The van der Waals surface area contributed by atoms with Crippen LogP contribution < -0.4 is 4.74 Å². The van der Waals surface area contributed by atoms with E-state index in [4.69, 9.17) is 0 Å². The standard InChI is InChI=1S/C31H42F8O/c1-2-3-19-6-14-25(15-7-19)30(36,37)18-20-4-8-21(9-5-20)22-10-12-23(13-11-22)24-16-26(32)28(27(33)17-24)40-31(38,39)29(34)35/h16-17,19-23,25,29H,2-15,18H2,1H3. The largest absolute Gasteiger partial charge is 0.461 e. The lowest BCUT2D eigenvalue weighted by atomic mass is 9.67. The lowest BCUT2D eigenvalue weighted by molar-refractivity contribution is -0.255. The Morgan fingerprint density at radius 2 is 1.25 bits per heavy atom. The normalized spacial score (nSPS) is 30.4. The Morgan fingerprint density at radius 1 is 0.750 bits per heavy atom. The molecule has 3 aliphatic rings. The molecule has 9 heteroatoms. The Hall–Kier alpha value is -1.54. The summed E-state index contributed by atoms with van der Waals surface area (Å²) in [6.45, 7) is 2.15. The third kappa shape index (κ3) is 7.64. The van der Waals surface area contributed by atoms with E-state index in [1.54, 1.807) is 0 Å². The lowest BCUT2D eigenvalue weighted by Crippen LogP contribution is -2.35. The first-order valence-corrected chi connectivity index (χ1v) is 15.1. The van der Waals surface area contributed by atoms with Crippen LogP contribution in [0.15, 0.2) is 12.1 Å². The first-order valence-electron chi connectivity index (χ1n) is 15.1. The molecule has 0 aromatic heterocycles. The molecule has 1 nitrogen and oxygen atoms in total. The maximum Gasteiger partial charge on any atom is 0.461 e. The third-order valence-electron chi connectivity index (χ3n) is 10.0.